The first-order valence-electron chi connectivity index (χ1n) is 6.67. The largest absolute Gasteiger partial charge is 0.0880 e. The van der Waals surface area contributed by atoms with Crippen LogP contribution in [0.5, 0.6) is 0 Å². The lowest BCUT2D eigenvalue weighted by Gasteiger charge is -2.55. The standard InChI is InChI=1S/C15H25Br/c1-11-6-7-13-14(2,3)8-5-9-15(13,4)12(11)10-16/h13H,5-10H2,1-4H3/t13-,15+/m1/s1. The van der Waals surface area contributed by atoms with Gasteiger partial charge in [0.1, 0.15) is 0 Å². The number of fused-ring (bicyclic) bond motifs is 1. The number of hydrogen-bond acceptors (Lipinski definition) is 0. The second kappa shape index (κ2) is 4.15. The van der Waals surface area contributed by atoms with Gasteiger partial charge in [0.2, 0.25) is 0 Å². The van der Waals surface area contributed by atoms with Crippen LogP contribution in [0.25, 0.3) is 0 Å². The smallest absolute Gasteiger partial charge is 0.0249 e. The summed E-state index contributed by atoms with van der Waals surface area (Å²) in [5.74, 6) is 0.894. The van der Waals surface area contributed by atoms with E-state index >= 15 is 0 Å². The Morgan fingerprint density at radius 3 is 2.56 bits per heavy atom. The quantitative estimate of drug-likeness (QED) is 0.451. The minimum absolute atomic E-state index is 0.480. The molecule has 16 heavy (non-hydrogen) atoms. The van der Waals surface area contributed by atoms with E-state index in [0.29, 0.717) is 10.8 Å². The summed E-state index contributed by atoms with van der Waals surface area (Å²) in [6.07, 6.45) is 6.96. The Morgan fingerprint density at radius 1 is 1.25 bits per heavy atom. The third-order valence-corrected chi connectivity index (χ3v) is 5.94. The average Bonchev–Trinajstić information content (AvgIpc) is 2.15. The predicted molar refractivity (Wildman–Crippen MR) is 75.0 cm³/mol. The summed E-state index contributed by atoms with van der Waals surface area (Å²) in [7, 11) is 0. The number of alkyl halides is 1. The van der Waals surface area contributed by atoms with E-state index < -0.39 is 0 Å². The maximum atomic E-state index is 3.73. The fourth-order valence-electron chi connectivity index (χ4n) is 4.46. The van der Waals surface area contributed by atoms with Gasteiger partial charge in [-0.3, -0.25) is 0 Å². The van der Waals surface area contributed by atoms with Gasteiger partial charge < -0.3 is 0 Å². The van der Waals surface area contributed by atoms with Crippen LogP contribution in [-0.4, -0.2) is 5.33 Å². The molecule has 0 heterocycles. The van der Waals surface area contributed by atoms with Crippen LogP contribution in [0.3, 0.4) is 0 Å². The molecule has 1 fully saturated rings. The SMILES string of the molecule is CC1=C(CBr)[C@]2(C)CCCC(C)(C)[C@H]2CC1. The van der Waals surface area contributed by atoms with Crippen molar-refractivity contribution in [1.29, 1.82) is 0 Å². The fourth-order valence-corrected chi connectivity index (χ4v) is 5.58. The molecule has 0 aromatic rings. The van der Waals surface area contributed by atoms with Crippen LogP contribution >= 0.6 is 15.9 Å². The second-order valence-electron chi connectivity index (χ2n) is 6.74. The molecule has 0 bridgehead atoms. The highest BCUT2D eigenvalue weighted by atomic mass is 79.9. The van der Waals surface area contributed by atoms with E-state index in [1.54, 1.807) is 11.1 Å². The van der Waals surface area contributed by atoms with Gasteiger partial charge in [0, 0.05) is 5.33 Å². The van der Waals surface area contributed by atoms with Crippen LogP contribution < -0.4 is 0 Å². The molecule has 0 spiro atoms. The van der Waals surface area contributed by atoms with Crippen LogP contribution in [0.15, 0.2) is 11.1 Å². The Labute approximate surface area is 109 Å². The number of rotatable bonds is 1. The van der Waals surface area contributed by atoms with Crippen LogP contribution in [0.1, 0.15) is 59.8 Å². The average molecular weight is 285 g/mol. The highest BCUT2D eigenvalue weighted by molar-refractivity contribution is 9.09. The van der Waals surface area contributed by atoms with Crippen molar-refractivity contribution >= 4 is 15.9 Å². The third kappa shape index (κ3) is 1.79. The molecule has 2 aliphatic rings. The summed E-state index contributed by atoms with van der Waals surface area (Å²) in [5, 5.41) is 1.09. The van der Waals surface area contributed by atoms with Crippen LogP contribution in [0, 0.1) is 16.7 Å². The van der Waals surface area contributed by atoms with Crippen molar-refractivity contribution in [2.75, 3.05) is 5.33 Å². The Bertz CT molecular complexity index is 313. The molecule has 0 amide bonds. The van der Waals surface area contributed by atoms with Gasteiger partial charge >= 0.3 is 0 Å². The first kappa shape index (κ1) is 12.7. The summed E-state index contributed by atoms with van der Waals surface area (Å²) in [6.45, 7) is 9.85. The molecule has 0 aromatic carbocycles. The third-order valence-electron chi connectivity index (χ3n) is 5.38. The second-order valence-corrected chi connectivity index (χ2v) is 7.30. The van der Waals surface area contributed by atoms with Crippen LogP contribution in [0.4, 0.5) is 0 Å². The lowest BCUT2D eigenvalue weighted by molar-refractivity contribution is 0.0134. The minimum atomic E-state index is 0.480. The number of halogens is 1. The molecular weight excluding hydrogens is 260 g/mol. The van der Waals surface area contributed by atoms with E-state index in [0.717, 1.165) is 11.2 Å². The zero-order chi connectivity index (χ0) is 12.0. The molecule has 0 N–H and O–H groups in total. The van der Waals surface area contributed by atoms with Crippen LogP contribution in [0.2, 0.25) is 0 Å². The van der Waals surface area contributed by atoms with Crippen molar-refractivity contribution < 1.29 is 0 Å². The van der Waals surface area contributed by atoms with Gasteiger partial charge in [0.15, 0.2) is 0 Å². The van der Waals surface area contributed by atoms with Gasteiger partial charge in [0.25, 0.3) is 0 Å². The molecule has 0 nitrogen and oxygen atoms in total. The normalized spacial score (nSPS) is 38.4. The van der Waals surface area contributed by atoms with Crippen molar-refractivity contribution in [2.45, 2.75) is 59.8 Å². The zero-order valence-corrected chi connectivity index (χ0v) is 12.8. The Hall–Kier alpha value is 0.220. The summed E-state index contributed by atoms with van der Waals surface area (Å²) in [5.41, 5.74) is 4.40. The van der Waals surface area contributed by atoms with Gasteiger partial charge in [-0.1, -0.05) is 54.3 Å². The Kier molecular flexibility index (Phi) is 3.29. The maximum absolute atomic E-state index is 3.73. The molecule has 2 atom stereocenters. The molecule has 92 valence electrons. The maximum Gasteiger partial charge on any atom is 0.0249 e. The number of allylic oxidation sites excluding steroid dienone is 2. The van der Waals surface area contributed by atoms with Crippen molar-refractivity contribution in [3.8, 4) is 0 Å². The van der Waals surface area contributed by atoms with Gasteiger partial charge in [0.05, 0.1) is 0 Å². The van der Waals surface area contributed by atoms with E-state index in [9.17, 15) is 0 Å². The van der Waals surface area contributed by atoms with E-state index in [1.165, 1.54) is 32.1 Å². The van der Waals surface area contributed by atoms with E-state index in [-0.39, 0.29) is 0 Å². The van der Waals surface area contributed by atoms with E-state index in [1.807, 2.05) is 0 Å². The van der Waals surface area contributed by atoms with E-state index in [4.69, 9.17) is 0 Å². The Balaban J connectivity index is 2.42. The van der Waals surface area contributed by atoms with Crippen molar-refractivity contribution in [1.82, 2.24) is 0 Å². The van der Waals surface area contributed by atoms with Crippen molar-refractivity contribution in [3.05, 3.63) is 11.1 Å². The Morgan fingerprint density at radius 2 is 1.94 bits per heavy atom. The topological polar surface area (TPSA) is 0 Å². The summed E-state index contributed by atoms with van der Waals surface area (Å²) >= 11 is 3.73. The highest BCUT2D eigenvalue weighted by Crippen LogP contribution is 2.59. The molecule has 2 aliphatic carbocycles. The molecule has 0 saturated heterocycles. The lowest BCUT2D eigenvalue weighted by atomic mass is 9.50. The van der Waals surface area contributed by atoms with Crippen molar-refractivity contribution in [2.24, 2.45) is 16.7 Å². The molecule has 0 radical (unpaired) electrons. The van der Waals surface area contributed by atoms with Gasteiger partial charge in [-0.05, 0) is 49.4 Å². The van der Waals surface area contributed by atoms with Gasteiger partial charge in [-0.15, -0.1) is 0 Å². The molecule has 1 saturated carbocycles. The first-order chi connectivity index (χ1) is 7.42. The number of hydrogen-bond donors (Lipinski definition) is 0. The molecule has 0 aliphatic heterocycles. The first-order valence-corrected chi connectivity index (χ1v) is 7.79. The molecular formula is C15H25Br. The molecule has 0 aromatic heterocycles. The van der Waals surface area contributed by atoms with E-state index in [2.05, 4.69) is 43.6 Å². The summed E-state index contributed by atoms with van der Waals surface area (Å²) in [6, 6.07) is 0. The lowest BCUT2D eigenvalue weighted by Crippen LogP contribution is -2.45. The summed E-state index contributed by atoms with van der Waals surface area (Å²) < 4.78 is 0. The highest BCUT2D eigenvalue weighted by Gasteiger charge is 2.49. The molecule has 2 rings (SSSR count). The zero-order valence-electron chi connectivity index (χ0n) is 11.2. The summed E-state index contributed by atoms with van der Waals surface area (Å²) in [4.78, 5) is 0. The monoisotopic (exact) mass is 284 g/mol. The van der Waals surface area contributed by atoms with Crippen LogP contribution in [-0.2, 0) is 0 Å². The fraction of sp³-hybridized carbons (Fsp3) is 0.867. The van der Waals surface area contributed by atoms with Gasteiger partial charge in [-0.2, -0.15) is 0 Å². The minimum Gasteiger partial charge on any atom is -0.0880 e. The predicted octanol–water partition coefficient (Wildman–Crippen LogP) is 5.32. The molecule has 0 unspecified atom stereocenters. The molecule has 1 heteroatoms. The van der Waals surface area contributed by atoms with Gasteiger partial charge in [-0.25, -0.2) is 0 Å². The van der Waals surface area contributed by atoms with Crippen molar-refractivity contribution in [3.63, 3.8) is 0 Å².